The molecular formula is C28H26N2O. The van der Waals surface area contributed by atoms with Crippen LogP contribution in [0.4, 0.5) is 0 Å². The van der Waals surface area contributed by atoms with Gasteiger partial charge in [-0.3, -0.25) is 0 Å². The van der Waals surface area contributed by atoms with Crippen LogP contribution in [0.15, 0.2) is 97.1 Å². The van der Waals surface area contributed by atoms with Crippen LogP contribution in [-0.2, 0) is 6.54 Å². The Hall–Kier alpha value is -3.56. The van der Waals surface area contributed by atoms with Gasteiger partial charge in [0.05, 0.1) is 12.1 Å². The van der Waals surface area contributed by atoms with Gasteiger partial charge >= 0.3 is 0 Å². The molecule has 2 N–H and O–H groups in total. The second-order valence-corrected chi connectivity index (χ2v) is 7.79. The van der Waals surface area contributed by atoms with E-state index in [9.17, 15) is 0 Å². The van der Waals surface area contributed by atoms with E-state index < -0.39 is 0 Å². The molecule has 0 spiro atoms. The predicted octanol–water partition coefficient (Wildman–Crippen LogP) is 6.55. The summed E-state index contributed by atoms with van der Waals surface area (Å²) in [6.45, 7) is 2.48. The Bertz CT molecular complexity index is 1270. The van der Waals surface area contributed by atoms with E-state index in [4.69, 9.17) is 4.74 Å². The number of aromatic nitrogens is 1. The third kappa shape index (κ3) is 4.32. The fraction of sp³-hybridized carbons (Fsp3) is 0.143. The molecule has 0 unspecified atom stereocenters. The van der Waals surface area contributed by atoms with Crippen LogP contribution in [0.3, 0.4) is 0 Å². The first kappa shape index (κ1) is 19.4. The zero-order valence-electron chi connectivity index (χ0n) is 17.5. The van der Waals surface area contributed by atoms with Crippen molar-refractivity contribution in [2.24, 2.45) is 0 Å². The quantitative estimate of drug-likeness (QED) is 0.287. The number of benzene rings is 4. The highest BCUT2D eigenvalue weighted by molar-refractivity contribution is 6.10. The van der Waals surface area contributed by atoms with E-state index >= 15 is 0 Å². The fourth-order valence-electron chi connectivity index (χ4n) is 4.05. The largest absolute Gasteiger partial charge is 0.493 e. The van der Waals surface area contributed by atoms with Gasteiger partial charge in [-0.1, -0.05) is 78.9 Å². The molecule has 5 aromatic rings. The van der Waals surface area contributed by atoms with Gasteiger partial charge in [-0.25, -0.2) is 0 Å². The van der Waals surface area contributed by atoms with E-state index in [1.807, 2.05) is 12.1 Å². The van der Waals surface area contributed by atoms with Crippen LogP contribution in [0, 0.1) is 0 Å². The van der Waals surface area contributed by atoms with Gasteiger partial charge in [0.25, 0.3) is 0 Å². The molecule has 0 fully saturated rings. The summed E-state index contributed by atoms with van der Waals surface area (Å²) < 4.78 is 6.14. The average molecular weight is 407 g/mol. The van der Waals surface area contributed by atoms with Gasteiger partial charge < -0.3 is 15.0 Å². The lowest BCUT2D eigenvalue weighted by atomic mass is 10.0. The van der Waals surface area contributed by atoms with Crippen molar-refractivity contribution >= 4 is 21.8 Å². The normalized spacial score (nSPS) is 11.2. The highest BCUT2D eigenvalue weighted by Gasteiger charge is 2.09. The van der Waals surface area contributed by atoms with Gasteiger partial charge in [-0.15, -0.1) is 0 Å². The first-order valence-electron chi connectivity index (χ1n) is 10.9. The molecule has 1 aromatic heterocycles. The smallest absolute Gasteiger partial charge is 0.129 e. The summed E-state index contributed by atoms with van der Waals surface area (Å²) in [4.78, 5) is 3.47. The lowest BCUT2D eigenvalue weighted by molar-refractivity contribution is 0.311. The van der Waals surface area contributed by atoms with Gasteiger partial charge in [-0.05, 0) is 47.9 Å². The summed E-state index contributed by atoms with van der Waals surface area (Å²) in [5.74, 6) is 0.950. The lowest BCUT2D eigenvalue weighted by Gasteiger charge is -2.09. The fourth-order valence-corrected chi connectivity index (χ4v) is 4.05. The van der Waals surface area contributed by atoms with E-state index in [0.717, 1.165) is 36.3 Å². The van der Waals surface area contributed by atoms with Crippen molar-refractivity contribution in [3.05, 3.63) is 103 Å². The summed E-state index contributed by atoms with van der Waals surface area (Å²) >= 11 is 0. The molecular weight excluding hydrogens is 380 g/mol. The highest BCUT2D eigenvalue weighted by atomic mass is 16.5. The zero-order valence-corrected chi connectivity index (χ0v) is 17.5. The minimum atomic E-state index is 0.693. The second-order valence-electron chi connectivity index (χ2n) is 7.79. The number of H-pyrrole nitrogens is 1. The Morgan fingerprint density at radius 1 is 0.677 bits per heavy atom. The van der Waals surface area contributed by atoms with E-state index in [0.29, 0.717) is 6.61 Å². The molecule has 0 aliphatic carbocycles. The molecule has 0 atom stereocenters. The Labute approximate surface area is 182 Å². The average Bonchev–Trinajstić information content (AvgIpc) is 3.22. The van der Waals surface area contributed by atoms with E-state index in [2.05, 4.69) is 95.2 Å². The zero-order chi connectivity index (χ0) is 20.9. The molecule has 5 rings (SSSR count). The van der Waals surface area contributed by atoms with Gasteiger partial charge in [0.1, 0.15) is 5.75 Å². The molecule has 0 aliphatic rings. The third-order valence-electron chi connectivity index (χ3n) is 5.64. The van der Waals surface area contributed by atoms with Crippen LogP contribution in [0.2, 0.25) is 0 Å². The molecule has 0 amide bonds. The monoisotopic (exact) mass is 406 g/mol. The Kier molecular flexibility index (Phi) is 5.68. The maximum atomic E-state index is 6.14. The molecule has 3 heteroatoms. The summed E-state index contributed by atoms with van der Waals surface area (Å²) in [6, 6.07) is 33.9. The molecule has 154 valence electrons. The number of nitrogens with one attached hydrogen (secondary N) is 2. The maximum absolute atomic E-state index is 6.14. The topological polar surface area (TPSA) is 37.0 Å². The molecule has 0 aliphatic heterocycles. The van der Waals surface area contributed by atoms with Crippen molar-refractivity contribution in [3.63, 3.8) is 0 Å². The van der Waals surface area contributed by atoms with Crippen LogP contribution in [0.1, 0.15) is 12.0 Å². The Balaban J connectivity index is 1.12. The summed E-state index contributed by atoms with van der Waals surface area (Å²) in [6.07, 6.45) is 0.959. The molecule has 3 nitrogen and oxygen atoms in total. The number of aromatic amines is 1. The van der Waals surface area contributed by atoms with Crippen LogP contribution in [0.5, 0.6) is 5.75 Å². The summed E-state index contributed by atoms with van der Waals surface area (Å²) in [7, 11) is 0. The third-order valence-corrected chi connectivity index (χ3v) is 5.64. The van der Waals surface area contributed by atoms with Crippen LogP contribution in [0.25, 0.3) is 32.9 Å². The lowest BCUT2D eigenvalue weighted by Crippen LogP contribution is -2.17. The minimum Gasteiger partial charge on any atom is -0.493 e. The van der Waals surface area contributed by atoms with E-state index in [-0.39, 0.29) is 0 Å². The van der Waals surface area contributed by atoms with Crippen LogP contribution < -0.4 is 10.1 Å². The van der Waals surface area contributed by atoms with Crippen molar-refractivity contribution in [2.75, 3.05) is 13.2 Å². The number of ether oxygens (including phenoxy) is 1. The molecule has 4 aromatic carbocycles. The van der Waals surface area contributed by atoms with Crippen LogP contribution in [-0.4, -0.2) is 18.1 Å². The maximum Gasteiger partial charge on any atom is 0.129 e. The number of fused-ring (bicyclic) bond motifs is 3. The number of hydrogen-bond acceptors (Lipinski definition) is 2. The van der Waals surface area contributed by atoms with Crippen molar-refractivity contribution in [2.45, 2.75) is 13.0 Å². The molecule has 31 heavy (non-hydrogen) atoms. The first-order valence-corrected chi connectivity index (χ1v) is 10.9. The molecule has 0 saturated carbocycles. The first-order chi connectivity index (χ1) is 15.4. The molecule has 0 saturated heterocycles. The van der Waals surface area contributed by atoms with E-state index in [1.165, 1.54) is 27.5 Å². The Morgan fingerprint density at radius 3 is 2.29 bits per heavy atom. The van der Waals surface area contributed by atoms with Crippen molar-refractivity contribution in [1.29, 1.82) is 0 Å². The number of hydrogen-bond donors (Lipinski definition) is 2. The number of para-hydroxylation sites is 1. The summed E-state index contributed by atoms with van der Waals surface area (Å²) in [5, 5.41) is 5.91. The standard InChI is InChI=1S/C28H26N2O/c1-2-8-22(9-3-1)23-16-14-21(15-17-23)20-29-18-7-19-31-27-13-6-12-26-28(27)24-10-4-5-11-25(24)30-26/h1-6,8-17,29-30H,7,18-20H2. The molecule has 0 bridgehead atoms. The van der Waals surface area contributed by atoms with Crippen LogP contribution >= 0.6 is 0 Å². The van der Waals surface area contributed by atoms with Gasteiger partial charge in [0.2, 0.25) is 0 Å². The minimum absolute atomic E-state index is 0.693. The van der Waals surface area contributed by atoms with Gasteiger partial charge in [0, 0.05) is 22.8 Å². The van der Waals surface area contributed by atoms with Crippen molar-refractivity contribution in [1.82, 2.24) is 10.3 Å². The van der Waals surface area contributed by atoms with Gasteiger partial charge in [-0.2, -0.15) is 0 Å². The predicted molar refractivity (Wildman–Crippen MR) is 130 cm³/mol. The molecule has 0 radical (unpaired) electrons. The molecule has 1 heterocycles. The highest BCUT2D eigenvalue weighted by Crippen LogP contribution is 2.32. The second kappa shape index (κ2) is 9.07. The van der Waals surface area contributed by atoms with E-state index in [1.54, 1.807) is 0 Å². The Morgan fingerprint density at radius 2 is 1.42 bits per heavy atom. The SMILES string of the molecule is c1ccc(-c2ccc(CNCCCOc3cccc4[nH]c5ccccc5c34)cc2)cc1. The summed E-state index contributed by atoms with van der Waals surface area (Å²) in [5.41, 5.74) is 6.07. The van der Waals surface area contributed by atoms with Gasteiger partial charge in [0.15, 0.2) is 0 Å². The van der Waals surface area contributed by atoms with Crippen molar-refractivity contribution in [3.8, 4) is 16.9 Å². The number of rotatable bonds is 8. The van der Waals surface area contributed by atoms with Crippen molar-refractivity contribution < 1.29 is 4.74 Å².